The summed E-state index contributed by atoms with van der Waals surface area (Å²) in [6.45, 7) is 1.96. The van der Waals surface area contributed by atoms with Crippen molar-refractivity contribution >= 4 is 11.9 Å². The Balaban J connectivity index is 2.97. The summed E-state index contributed by atoms with van der Waals surface area (Å²) < 4.78 is 0. The van der Waals surface area contributed by atoms with Gasteiger partial charge in [0.2, 0.25) is 0 Å². The fourth-order valence-corrected chi connectivity index (χ4v) is 0.807. The summed E-state index contributed by atoms with van der Waals surface area (Å²) in [4.78, 5) is 3.94. The Hall–Kier alpha value is -1.62. The summed E-state index contributed by atoms with van der Waals surface area (Å²) >= 11 is 0. The van der Waals surface area contributed by atoms with Gasteiger partial charge in [-0.05, 0) is 18.6 Å². The standard InChI is InChI=1S/C9H8N2/c1-8-4-2-3-5-9(8)11-7-6-10/h2-5,7H,1H3/b11-7-. The molecule has 0 saturated heterocycles. The lowest BCUT2D eigenvalue weighted by Crippen LogP contribution is -1.72. The average Bonchev–Trinajstić information content (AvgIpc) is 2.03. The number of hydrogen-bond acceptors (Lipinski definition) is 2. The minimum absolute atomic E-state index is 0.856. The summed E-state index contributed by atoms with van der Waals surface area (Å²) in [5.41, 5.74) is 1.94. The van der Waals surface area contributed by atoms with E-state index in [-0.39, 0.29) is 0 Å². The molecule has 0 saturated carbocycles. The second-order valence-electron chi connectivity index (χ2n) is 2.17. The molecule has 0 radical (unpaired) electrons. The van der Waals surface area contributed by atoms with Crippen LogP contribution in [-0.2, 0) is 0 Å². The maximum Gasteiger partial charge on any atom is 0.111 e. The average molecular weight is 144 g/mol. The lowest BCUT2D eigenvalue weighted by molar-refractivity contribution is 1.41. The summed E-state index contributed by atoms with van der Waals surface area (Å²) in [5, 5.41) is 8.22. The van der Waals surface area contributed by atoms with Gasteiger partial charge in [0.05, 0.1) is 5.69 Å². The van der Waals surface area contributed by atoms with Gasteiger partial charge in [-0.25, -0.2) is 4.99 Å². The molecule has 0 spiro atoms. The van der Waals surface area contributed by atoms with Crippen molar-refractivity contribution in [2.24, 2.45) is 4.99 Å². The van der Waals surface area contributed by atoms with E-state index in [1.807, 2.05) is 37.3 Å². The van der Waals surface area contributed by atoms with Crippen LogP contribution in [-0.4, -0.2) is 6.21 Å². The van der Waals surface area contributed by atoms with Gasteiger partial charge in [0.25, 0.3) is 0 Å². The fourth-order valence-electron chi connectivity index (χ4n) is 0.807. The van der Waals surface area contributed by atoms with Crippen LogP contribution < -0.4 is 0 Å². The third kappa shape index (κ3) is 1.91. The fraction of sp³-hybridized carbons (Fsp3) is 0.111. The zero-order valence-corrected chi connectivity index (χ0v) is 6.28. The van der Waals surface area contributed by atoms with E-state index in [4.69, 9.17) is 5.26 Å². The molecule has 2 nitrogen and oxygen atoms in total. The molecule has 11 heavy (non-hydrogen) atoms. The third-order valence-corrected chi connectivity index (χ3v) is 1.38. The van der Waals surface area contributed by atoms with Crippen LogP contribution in [0.25, 0.3) is 0 Å². The predicted octanol–water partition coefficient (Wildman–Crippen LogP) is 2.22. The molecule has 0 aliphatic rings. The van der Waals surface area contributed by atoms with Crippen LogP contribution in [0.3, 0.4) is 0 Å². The van der Waals surface area contributed by atoms with E-state index in [0.29, 0.717) is 0 Å². The second-order valence-corrected chi connectivity index (χ2v) is 2.17. The maximum absolute atomic E-state index is 8.22. The van der Waals surface area contributed by atoms with E-state index in [9.17, 15) is 0 Å². The van der Waals surface area contributed by atoms with E-state index < -0.39 is 0 Å². The summed E-state index contributed by atoms with van der Waals surface area (Å²) in [6.07, 6.45) is 1.24. The number of benzene rings is 1. The zero-order valence-electron chi connectivity index (χ0n) is 6.28. The van der Waals surface area contributed by atoms with Crippen molar-refractivity contribution in [1.82, 2.24) is 0 Å². The molecule has 1 aromatic rings. The first kappa shape index (κ1) is 7.49. The Morgan fingerprint density at radius 1 is 1.45 bits per heavy atom. The van der Waals surface area contributed by atoms with Gasteiger partial charge in [-0.15, -0.1) is 0 Å². The molecule has 54 valence electrons. The van der Waals surface area contributed by atoms with E-state index >= 15 is 0 Å². The topological polar surface area (TPSA) is 36.1 Å². The summed E-state index contributed by atoms with van der Waals surface area (Å²) in [6, 6.07) is 9.54. The molecule has 2 heteroatoms. The number of nitrogens with zero attached hydrogens (tertiary/aromatic N) is 2. The molecular formula is C9H8N2. The van der Waals surface area contributed by atoms with E-state index in [1.165, 1.54) is 6.21 Å². The number of hydrogen-bond donors (Lipinski definition) is 0. The van der Waals surface area contributed by atoms with Gasteiger partial charge >= 0.3 is 0 Å². The van der Waals surface area contributed by atoms with Crippen LogP contribution in [0.5, 0.6) is 0 Å². The lowest BCUT2D eigenvalue weighted by atomic mass is 10.2. The SMILES string of the molecule is Cc1ccccc1/N=C\C#N. The molecule has 0 amide bonds. The van der Waals surface area contributed by atoms with Crippen molar-refractivity contribution in [2.75, 3.05) is 0 Å². The largest absolute Gasteiger partial charge is 0.245 e. The van der Waals surface area contributed by atoms with Crippen LogP contribution in [0.2, 0.25) is 0 Å². The quantitative estimate of drug-likeness (QED) is 0.556. The van der Waals surface area contributed by atoms with Crippen molar-refractivity contribution in [2.45, 2.75) is 6.92 Å². The van der Waals surface area contributed by atoms with Gasteiger partial charge in [0, 0.05) is 0 Å². The van der Waals surface area contributed by atoms with E-state index in [0.717, 1.165) is 11.3 Å². The molecule has 0 aromatic heterocycles. The Morgan fingerprint density at radius 3 is 2.82 bits per heavy atom. The molecule has 1 rings (SSSR count). The molecule has 0 fully saturated rings. The van der Waals surface area contributed by atoms with Crippen molar-refractivity contribution in [3.05, 3.63) is 29.8 Å². The number of nitriles is 1. The Bertz CT molecular complexity index is 308. The number of aliphatic imine (C=N–C) groups is 1. The highest BCUT2D eigenvalue weighted by atomic mass is 14.7. The third-order valence-electron chi connectivity index (χ3n) is 1.38. The molecule has 0 aliphatic heterocycles. The first-order valence-corrected chi connectivity index (χ1v) is 3.32. The minimum Gasteiger partial charge on any atom is -0.245 e. The molecule has 0 bridgehead atoms. The Labute approximate surface area is 65.8 Å². The second kappa shape index (κ2) is 3.52. The Kier molecular flexibility index (Phi) is 2.40. The van der Waals surface area contributed by atoms with Gasteiger partial charge in [-0.3, -0.25) is 0 Å². The highest BCUT2D eigenvalue weighted by molar-refractivity contribution is 5.78. The zero-order chi connectivity index (χ0) is 8.10. The van der Waals surface area contributed by atoms with Crippen molar-refractivity contribution < 1.29 is 0 Å². The van der Waals surface area contributed by atoms with Gasteiger partial charge in [-0.1, -0.05) is 18.2 Å². The van der Waals surface area contributed by atoms with Gasteiger partial charge < -0.3 is 0 Å². The van der Waals surface area contributed by atoms with E-state index in [2.05, 4.69) is 4.99 Å². The van der Waals surface area contributed by atoms with Crippen LogP contribution in [0.15, 0.2) is 29.3 Å². The molecule has 0 unspecified atom stereocenters. The van der Waals surface area contributed by atoms with Crippen molar-refractivity contribution in [3.63, 3.8) is 0 Å². The number of aryl methyl sites for hydroxylation is 1. The van der Waals surface area contributed by atoms with Gasteiger partial charge in [0.15, 0.2) is 0 Å². The first-order chi connectivity index (χ1) is 5.34. The molecule has 0 N–H and O–H groups in total. The highest BCUT2D eigenvalue weighted by Crippen LogP contribution is 2.15. The number of para-hydroxylation sites is 1. The maximum atomic E-state index is 8.22. The van der Waals surface area contributed by atoms with Gasteiger partial charge in [-0.2, -0.15) is 5.26 Å². The lowest BCUT2D eigenvalue weighted by Gasteiger charge is -1.95. The molecular weight excluding hydrogens is 136 g/mol. The first-order valence-electron chi connectivity index (χ1n) is 3.32. The van der Waals surface area contributed by atoms with E-state index in [1.54, 1.807) is 0 Å². The summed E-state index contributed by atoms with van der Waals surface area (Å²) in [5.74, 6) is 0. The molecule has 1 aromatic carbocycles. The predicted molar refractivity (Wildman–Crippen MR) is 44.9 cm³/mol. The smallest absolute Gasteiger partial charge is 0.111 e. The van der Waals surface area contributed by atoms with Gasteiger partial charge in [0.1, 0.15) is 12.3 Å². The number of rotatable bonds is 1. The van der Waals surface area contributed by atoms with Crippen molar-refractivity contribution in [3.8, 4) is 6.07 Å². The molecule has 0 atom stereocenters. The molecule has 0 heterocycles. The van der Waals surface area contributed by atoms with Crippen LogP contribution in [0.4, 0.5) is 5.69 Å². The Morgan fingerprint density at radius 2 is 2.18 bits per heavy atom. The minimum atomic E-state index is 0.856. The van der Waals surface area contributed by atoms with Crippen LogP contribution in [0.1, 0.15) is 5.56 Å². The normalized spacial score (nSPS) is 9.82. The van der Waals surface area contributed by atoms with Crippen molar-refractivity contribution in [1.29, 1.82) is 5.26 Å². The highest BCUT2D eigenvalue weighted by Gasteiger charge is 1.89. The van der Waals surface area contributed by atoms with Crippen LogP contribution >= 0.6 is 0 Å². The van der Waals surface area contributed by atoms with Crippen LogP contribution in [0, 0.1) is 18.3 Å². The molecule has 0 aliphatic carbocycles. The monoisotopic (exact) mass is 144 g/mol. The summed E-state index contributed by atoms with van der Waals surface area (Å²) in [7, 11) is 0.